The van der Waals surface area contributed by atoms with Gasteiger partial charge in [0.1, 0.15) is 0 Å². The predicted octanol–water partition coefficient (Wildman–Crippen LogP) is 2.15. The molecule has 3 heterocycles. The lowest BCUT2D eigenvalue weighted by Crippen LogP contribution is -2.39. The van der Waals surface area contributed by atoms with E-state index in [0.717, 1.165) is 42.3 Å². The summed E-state index contributed by atoms with van der Waals surface area (Å²) in [4.78, 5) is 14.8. The van der Waals surface area contributed by atoms with E-state index in [2.05, 4.69) is 23.8 Å². The molecule has 0 radical (unpaired) electrons. The van der Waals surface area contributed by atoms with Gasteiger partial charge in [0.25, 0.3) is 5.56 Å². The van der Waals surface area contributed by atoms with Gasteiger partial charge in [-0.1, -0.05) is 13.8 Å². The van der Waals surface area contributed by atoms with Crippen LogP contribution in [0, 0.1) is 5.92 Å². The third-order valence-electron chi connectivity index (χ3n) is 4.39. The van der Waals surface area contributed by atoms with Crippen LogP contribution in [0.5, 0.6) is 0 Å². The Morgan fingerprint density at radius 1 is 1.48 bits per heavy atom. The predicted molar refractivity (Wildman–Crippen MR) is 87.8 cm³/mol. The molecule has 1 aromatic heterocycles. The second-order valence-electron chi connectivity index (χ2n) is 6.62. The SMILES string of the molecule is CC(C)CN1CCCC1Cn1nc2c(cc1=O)CSCC2. The first-order valence-corrected chi connectivity index (χ1v) is 9.20. The number of rotatable bonds is 4. The van der Waals surface area contributed by atoms with Crippen LogP contribution in [0.15, 0.2) is 10.9 Å². The maximum absolute atomic E-state index is 12.3. The van der Waals surface area contributed by atoms with E-state index in [0.29, 0.717) is 12.0 Å². The van der Waals surface area contributed by atoms with Crippen molar-refractivity contribution in [3.05, 3.63) is 27.7 Å². The maximum Gasteiger partial charge on any atom is 0.267 e. The molecule has 2 aliphatic rings. The minimum absolute atomic E-state index is 0.0765. The van der Waals surface area contributed by atoms with Crippen LogP contribution in [-0.4, -0.2) is 39.6 Å². The first kappa shape index (κ1) is 15.1. The molecule has 116 valence electrons. The number of aromatic nitrogens is 2. The van der Waals surface area contributed by atoms with E-state index >= 15 is 0 Å². The molecule has 21 heavy (non-hydrogen) atoms. The first-order chi connectivity index (χ1) is 10.1. The number of nitrogens with zero attached hydrogens (tertiary/aromatic N) is 3. The topological polar surface area (TPSA) is 38.1 Å². The summed E-state index contributed by atoms with van der Waals surface area (Å²) in [6.45, 7) is 7.57. The second kappa shape index (κ2) is 6.53. The summed E-state index contributed by atoms with van der Waals surface area (Å²) >= 11 is 1.90. The van der Waals surface area contributed by atoms with Crippen molar-refractivity contribution in [3.8, 4) is 0 Å². The average Bonchev–Trinajstić information content (AvgIpc) is 2.86. The number of thioether (sulfide) groups is 1. The van der Waals surface area contributed by atoms with Crippen molar-refractivity contribution in [1.82, 2.24) is 14.7 Å². The molecule has 0 spiro atoms. The van der Waals surface area contributed by atoms with Gasteiger partial charge in [-0.2, -0.15) is 16.9 Å². The molecule has 0 amide bonds. The van der Waals surface area contributed by atoms with E-state index < -0.39 is 0 Å². The van der Waals surface area contributed by atoms with Gasteiger partial charge in [0, 0.05) is 30.8 Å². The monoisotopic (exact) mass is 307 g/mol. The zero-order valence-corrected chi connectivity index (χ0v) is 13.9. The molecule has 0 aliphatic carbocycles. The number of aryl methyl sites for hydroxylation is 1. The fraction of sp³-hybridized carbons (Fsp3) is 0.750. The summed E-state index contributed by atoms with van der Waals surface area (Å²) in [7, 11) is 0. The molecule has 3 rings (SSSR count). The van der Waals surface area contributed by atoms with Crippen molar-refractivity contribution in [1.29, 1.82) is 0 Å². The summed E-state index contributed by atoms with van der Waals surface area (Å²) in [5.41, 5.74) is 2.37. The number of likely N-dealkylation sites (tertiary alicyclic amines) is 1. The van der Waals surface area contributed by atoms with Gasteiger partial charge in [0.05, 0.1) is 12.2 Å². The standard InChI is InChI=1S/C16H25N3OS/c1-12(2)9-18-6-3-4-14(18)10-19-16(20)8-13-11-21-7-5-15(13)17-19/h8,12,14H,3-7,9-11H2,1-2H3. The van der Waals surface area contributed by atoms with E-state index in [-0.39, 0.29) is 5.56 Å². The van der Waals surface area contributed by atoms with Gasteiger partial charge < -0.3 is 0 Å². The van der Waals surface area contributed by atoms with E-state index in [4.69, 9.17) is 0 Å². The maximum atomic E-state index is 12.3. The van der Waals surface area contributed by atoms with Crippen molar-refractivity contribution in [2.45, 2.75) is 51.4 Å². The van der Waals surface area contributed by atoms with Gasteiger partial charge in [-0.15, -0.1) is 0 Å². The highest BCUT2D eigenvalue weighted by Crippen LogP contribution is 2.22. The third kappa shape index (κ3) is 3.51. The summed E-state index contributed by atoms with van der Waals surface area (Å²) in [5.74, 6) is 2.75. The third-order valence-corrected chi connectivity index (χ3v) is 5.40. The van der Waals surface area contributed by atoms with E-state index in [1.165, 1.54) is 19.4 Å². The Hall–Kier alpha value is -0.810. The average molecular weight is 307 g/mol. The van der Waals surface area contributed by atoms with Crippen molar-refractivity contribution < 1.29 is 0 Å². The molecule has 1 aromatic rings. The van der Waals surface area contributed by atoms with Crippen molar-refractivity contribution in [2.24, 2.45) is 5.92 Å². The van der Waals surface area contributed by atoms with E-state index in [9.17, 15) is 4.79 Å². The highest BCUT2D eigenvalue weighted by atomic mass is 32.2. The molecule has 1 saturated heterocycles. The lowest BCUT2D eigenvalue weighted by molar-refractivity contribution is 0.202. The normalized spacial score (nSPS) is 22.7. The van der Waals surface area contributed by atoms with Crippen molar-refractivity contribution in [3.63, 3.8) is 0 Å². The highest BCUT2D eigenvalue weighted by molar-refractivity contribution is 7.98. The molecular weight excluding hydrogens is 282 g/mol. The Labute approximate surface area is 130 Å². The van der Waals surface area contributed by atoms with Crippen LogP contribution in [-0.2, 0) is 18.7 Å². The summed E-state index contributed by atoms with van der Waals surface area (Å²) in [6, 6.07) is 2.30. The summed E-state index contributed by atoms with van der Waals surface area (Å²) in [5, 5.41) is 4.65. The zero-order chi connectivity index (χ0) is 14.8. The fourth-order valence-electron chi connectivity index (χ4n) is 3.39. The molecular formula is C16H25N3OS. The molecule has 0 N–H and O–H groups in total. The minimum atomic E-state index is 0.0765. The number of hydrogen-bond donors (Lipinski definition) is 0. The van der Waals surface area contributed by atoms with Crippen LogP contribution >= 0.6 is 11.8 Å². The molecule has 1 fully saturated rings. The molecule has 0 saturated carbocycles. The van der Waals surface area contributed by atoms with Crippen LogP contribution in [0.4, 0.5) is 0 Å². The van der Waals surface area contributed by atoms with Gasteiger partial charge in [0.15, 0.2) is 0 Å². The van der Waals surface area contributed by atoms with Gasteiger partial charge in [-0.3, -0.25) is 9.69 Å². The van der Waals surface area contributed by atoms with Crippen LogP contribution in [0.2, 0.25) is 0 Å². The van der Waals surface area contributed by atoms with Gasteiger partial charge >= 0.3 is 0 Å². The lowest BCUT2D eigenvalue weighted by Gasteiger charge is -2.26. The molecule has 4 nitrogen and oxygen atoms in total. The Morgan fingerprint density at radius 2 is 2.33 bits per heavy atom. The molecule has 1 atom stereocenters. The molecule has 0 aromatic carbocycles. The Kier molecular flexibility index (Phi) is 4.69. The Morgan fingerprint density at radius 3 is 3.14 bits per heavy atom. The molecule has 2 aliphatic heterocycles. The molecule has 1 unspecified atom stereocenters. The van der Waals surface area contributed by atoms with Crippen LogP contribution in [0.25, 0.3) is 0 Å². The summed E-state index contributed by atoms with van der Waals surface area (Å²) < 4.78 is 1.72. The van der Waals surface area contributed by atoms with E-state index in [1.54, 1.807) is 4.68 Å². The van der Waals surface area contributed by atoms with Crippen LogP contribution in [0.3, 0.4) is 0 Å². The van der Waals surface area contributed by atoms with Crippen LogP contribution in [0.1, 0.15) is 37.9 Å². The van der Waals surface area contributed by atoms with Gasteiger partial charge in [-0.25, -0.2) is 4.68 Å². The van der Waals surface area contributed by atoms with E-state index in [1.807, 2.05) is 17.8 Å². The highest BCUT2D eigenvalue weighted by Gasteiger charge is 2.26. The number of hydrogen-bond acceptors (Lipinski definition) is 4. The minimum Gasteiger partial charge on any atom is -0.298 e. The lowest BCUT2D eigenvalue weighted by atomic mass is 10.1. The first-order valence-electron chi connectivity index (χ1n) is 8.05. The van der Waals surface area contributed by atoms with Crippen LogP contribution < -0.4 is 5.56 Å². The summed E-state index contributed by atoms with van der Waals surface area (Å²) in [6.07, 6.45) is 3.43. The molecule has 5 heteroatoms. The molecule has 0 bridgehead atoms. The van der Waals surface area contributed by atoms with Crippen molar-refractivity contribution >= 4 is 11.8 Å². The van der Waals surface area contributed by atoms with Gasteiger partial charge in [-0.05, 0) is 36.6 Å². The zero-order valence-electron chi connectivity index (χ0n) is 13.0. The van der Waals surface area contributed by atoms with Crippen molar-refractivity contribution in [2.75, 3.05) is 18.8 Å². The quantitative estimate of drug-likeness (QED) is 0.854. The van der Waals surface area contributed by atoms with Gasteiger partial charge in [0.2, 0.25) is 0 Å². The Balaban J connectivity index is 1.76. The smallest absolute Gasteiger partial charge is 0.267 e. The fourth-order valence-corrected chi connectivity index (χ4v) is 4.35. The largest absolute Gasteiger partial charge is 0.298 e. The second-order valence-corrected chi connectivity index (χ2v) is 7.73. The number of fused-ring (bicyclic) bond motifs is 1. The Bertz CT molecular complexity index is 555.